The highest BCUT2D eigenvalue weighted by Crippen LogP contribution is 2.24. The van der Waals surface area contributed by atoms with Crippen molar-refractivity contribution in [3.05, 3.63) is 41.6 Å². The zero-order chi connectivity index (χ0) is 14.8. The van der Waals surface area contributed by atoms with Gasteiger partial charge >= 0.3 is 0 Å². The van der Waals surface area contributed by atoms with Gasteiger partial charge in [0.15, 0.2) is 0 Å². The maximum absolute atomic E-state index is 12.6. The van der Waals surface area contributed by atoms with Gasteiger partial charge in [-0.05, 0) is 45.2 Å². The minimum Gasteiger partial charge on any atom is -0.377 e. The van der Waals surface area contributed by atoms with Crippen molar-refractivity contribution in [1.82, 2.24) is 4.90 Å². The van der Waals surface area contributed by atoms with Crippen molar-refractivity contribution in [2.45, 2.75) is 33.1 Å². The van der Waals surface area contributed by atoms with Crippen molar-refractivity contribution in [3.8, 4) is 0 Å². The molecule has 0 N–H and O–H groups in total. The quantitative estimate of drug-likeness (QED) is 0.782. The van der Waals surface area contributed by atoms with Gasteiger partial charge in [-0.25, -0.2) is 0 Å². The lowest BCUT2D eigenvalue weighted by Crippen LogP contribution is -2.27. The monoisotopic (exact) mass is 283 g/mol. The molecule has 0 aromatic heterocycles. The molecule has 1 fully saturated rings. The van der Waals surface area contributed by atoms with Gasteiger partial charge in [0.2, 0.25) is 0 Å². The van der Waals surface area contributed by atoms with E-state index in [0.29, 0.717) is 0 Å². The molecule has 0 unspecified atom stereocenters. The lowest BCUT2D eigenvalue weighted by Gasteiger charge is -2.25. The van der Waals surface area contributed by atoms with E-state index >= 15 is 0 Å². The first-order chi connectivity index (χ1) is 10.1. The van der Waals surface area contributed by atoms with Crippen LogP contribution >= 0.6 is 0 Å². The molecule has 4 nitrogen and oxygen atoms in total. The van der Waals surface area contributed by atoms with E-state index in [0.717, 1.165) is 30.1 Å². The minimum atomic E-state index is -0.0260. The Balaban J connectivity index is 1.83. The van der Waals surface area contributed by atoms with E-state index in [4.69, 9.17) is 0 Å². The topological polar surface area (TPSA) is 35.9 Å². The number of amides is 1. The number of benzene rings is 1. The van der Waals surface area contributed by atoms with E-state index in [1.807, 2.05) is 44.3 Å². The van der Waals surface area contributed by atoms with E-state index in [-0.39, 0.29) is 5.91 Å². The highest BCUT2D eigenvalue weighted by Gasteiger charge is 2.29. The van der Waals surface area contributed by atoms with Gasteiger partial charge in [0.1, 0.15) is 0 Å². The molecule has 1 aromatic rings. The van der Waals surface area contributed by atoms with Crippen molar-refractivity contribution < 1.29 is 4.79 Å². The molecule has 0 atom stereocenters. The SMILES string of the molecule is CC1=NN(c2ccc(C)cc2)C(=O)/C1=C\N1CCCCC1. The maximum atomic E-state index is 12.6. The Labute approximate surface area is 125 Å². The number of carbonyl (C=O) groups excluding carboxylic acids is 1. The molecule has 2 heterocycles. The Kier molecular flexibility index (Phi) is 3.78. The number of carbonyl (C=O) groups is 1. The fraction of sp³-hybridized carbons (Fsp3) is 0.412. The first-order valence-corrected chi connectivity index (χ1v) is 7.58. The lowest BCUT2D eigenvalue weighted by molar-refractivity contribution is -0.114. The molecule has 0 radical (unpaired) electrons. The number of hydrogen-bond donors (Lipinski definition) is 0. The number of nitrogens with zero attached hydrogens (tertiary/aromatic N) is 3. The van der Waals surface area contributed by atoms with Gasteiger partial charge in [-0.1, -0.05) is 17.7 Å². The molecule has 2 aliphatic rings. The van der Waals surface area contributed by atoms with Gasteiger partial charge in [-0.3, -0.25) is 4.79 Å². The van der Waals surface area contributed by atoms with E-state index in [9.17, 15) is 4.79 Å². The van der Waals surface area contributed by atoms with Gasteiger partial charge in [0.25, 0.3) is 5.91 Å². The Hall–Kier alpha value is -2.10. The first kappa shape index (κ1) is 13.9. The Morgan fingerprint density at radius 2 is 1.71 bits per heavy atom. The molecule has 0 aliphatic carbocycles. The van der Waals surface area contributed by atoms with Crippen LogP contribution in [0.4, 0.5) is 5.69 Å². The van der Waals surface area contributed by atoms with Crippen molar-refractivity contribution >= 4 is 17.3 Å². The molecule has 1 amide bonds. The van der Waals surface area contributed by atoms with Crippen LogP contribution in [0.1, 0.15) is 31.7 Å². The number of rotatable bonds is 2. The van der Waals surface area contributed by atoms with Gasteiger partial charge in [0.05, 0.1) is 17.0 Å². The van der Waals surface area contributed by atoms with Crippen molar-refractivity contribution in [1.29, 1.82) is 0 Å². The van der Waals surface area contributed by atoms with Crippen LogP contribution in [0.15, 0.2) is 41.1 Å². The standard InChI is InChI=1S/C17H21N3O/c1-13-6-8-15(9-7-13)20-17(21)16(14(2)18-20)12-19-10-4-3-5-11-19/h6-9,12H,3-5,10-11H2,1-2H3/b16-12-. The summed E-state index contributed by atoms with van der Waals surface area (Å²) in [7, 11) is 0. The first-order valence-electron chi connectivity index (χ1n) is 7.58. The third-order valence-electron chi connectivity index (χ3n) is 4.04. The summed E-state index contributed by atoms with van der Waals surface area (Å²) in [5, 5.41) is 5.93. The summed E-state index contributed by atoms with van der Waals surface area (Å²) in [5.74, 6) is -0.0260. The number of hydrazone groups is 1. The summed E-state index contributed by atoms with van der Waals surface area (Å²) in [6.07, 6.45) is 5.69. The smallest absolute Gasteiger partial charge is 0.282 e. The number of anilines is 1. The van der Waals surface area contributed by atoms with Crippen molar-refractivity contribution in [2.24, 2.45) is 5.10 Å². The fourth-order valence-corrected chi connectivity index (χ4v) is 2.76. The normalized spacial score (nSPS) is 21.1. The average Bonchev–Trinajstić information content (AvgIpc) is 2.77. The summed E-state index contributed by atoms with van der Waals surface area (Å²) >= 11 is 0. The molecule has 4 heteroatoms. The summed E-state index contributed by atoms with van der Waals surface area (Å²) in [4.78, 5) is 14.8. The summed E-state index contributed by atoms with van der Waals surface area (Å²) in [6, 6.07) is 7.88. The summed E-state index contributed by atoms with van der Waals surface area (Å²) in [6.45, 7) is 6.01. The molecular formula is C17H21N3O. The third kappa shape index (κ3) is 2.84. The number of likely N-dealkylation sites (tertiary alicyclic amines) is 1. The van der Waals surface area contributed by atoms with Crippen LogP contribution in [0.5, 0.6) is 0 Å². The highest BCUT2D eigenvalue weighted by atomic mass is 16.2. The predicted octanol–water partition coefficient (Wildman–Crippen LogP) is 3.09. The predicted molar refractivity (Wildman–Crippen MR) is 85.3 cm³/mol. The maximum Gasteiger partial charge on any atom is 0.282 e. The fourth-order valence-electron chi connectivity index (χ4n) is 2.76. The third-order valence-corrected chi connectivity index (χ3v) is 4.04. The van der Waals surface area contributed by atoms with Crippen LogP contribution in [-0.4, -0.2) is 29.6 Å². The number of hydrogen-bond acceptors (Lipinski definition) is 3. The zero-order valence-electron chi connectivity index (χ0n) is 12.7. The molecule has 0 spiro atoms. The molecule has 0 saturated carbocycles. The van der Waals surface area contributed by atoms with Crippen LogP contribution < -0.4 is 5.01 Å². The second-order valence-corrected chi connectivity index (χ2v) is 5.78. The van der Waals surface area contributed by atoms with Gasteiger partial charge in [0, 0.05) is 19.3 Å². The van der Waals surface area contributed by atoms with E-state index in [2.05, 4.69) is 10.0 Å². The largest absolute Gasteiger partial charge is 0.377 e. The molecule has 21 heavy (non-hydrogen) atoms. The number of aryl methyl sites for hydroxylation is 1. The average molecular weight is 283 g/mol. The molecular weight excluding hydrogens is 262 g/mol. The molecule has 1 saturated heterocycles. The molecule has 3 rings (SSSR count). The van der Waals surface area contributed by atoms with Gasteiger partial charge in [-0.15, -0.1) is 0 Å². The highest BCUT2D eigenvalue weighted by molar-refractivity contribution is 6.29. The summed E-state index contributed by atoms with van der Waals surface area (Å²) < 4.78 is 0. The molecule has 0 bridgehead atoms. The van der Waals surface area contributed by atoms with Gasteiger partial charge < -0.3 is 4.90 Å². The number of piperidine rings is 1. The Bertz CT molecular complexity index is 595. The van der Waals surface area contributed by atoms with Crippen LogP contribution in [0.2, 0.25) is 0 Å². The van der Waals surface area contributed by atoms with Crippen LogP contribution in [0.3, 0.4) is 0 Å². The lowest BCUT2D eigenvalue weighted by atomic mass is 10.1. The van der Waals surface area contributed by atoms with Gasteiger partial charge in [-0.2, -0.15) is 10.1 Å². The van der Waals surface area contributed by atoms with E-state index in [1.54, 1.807) is 0 Å². The van der Waals surface area contributed by atoms with Crippen molar-refractivity contribution in [2.75, 3.05) is 18.1 Å². The zero-order valence-corrected chi connectivity index (χ0v) is 12.7. The van der Waals surface area contributed by atoms with E-state index < -0.39 is 0 Å². The Morgan fingerprint density at radius 3 is 2.38 bits per heavy atom. The van der Waals surface area contributed by atoms with Crippen molar-refractivity contribution in [3.63, 3.8) is 0 Å². The minimum absolute atomic E-state index is 0.0260. The summed E-state index contributed by atoms with van der Waals surface area (Å²) in [5.41, 5.74) is 3.52. The molecule has 2 aliphatic heterocycles. The van der Waals surface area contributed by atoms with E-state index in [1.165, 1.54) is 29.8 Å². The second-order valence-electron chi connectivity index (χ2n) is 5.78. The van der Waals surface area contributed by atoms with Crippen LogP contribution in [0, 0.1) is 6.92 Å². The molecule has 110 valence electrons. The van der Waals surface area contributed by atoms with Crippen LogP contribution in [-0.2, 0) is 4.79 Å². The molecule has 1 aromatic carbocycles. The Morgan fingerprint density at radius 1 is 1.05 bits per heavy atom. The van der Waals surface area contributed by atoms with Crippen LogP contribution in [0.25, 0.3) is 0 Å². The second kappa shape index (κ2) is 5.72.